The molecular weight excluding hydrogens is 683 g/mol. The summed E-state index contributed by atoms with van der Waals surface area (Å²) in [7, 11) is -5.42. The van der Waals surface area contributed by atoms with Crippen LogP contribution in [0.3, 0.4) is 0 Å². The molecule has 6 N–H and O–H groups in total. The summed E-state index contributed by atoms with van der Waals surface area (Å²) >= 11 is 4.84. The van der Waals surface area contributed by atoms with E-state index in [2.05, 4.69) is 15.1 Å². The summed E-state index contributed by atoms with van der Waals surface area (Å²) in [5.41, 5.74) is 5.99. The van der Waals surface area contributed by atoms with E-state index in [0.717, 1.165) is 24.9 Å². The van der Waals surface area contributed by atoms with Gasteiger partial charge in [-0.1, -0.05) is 13.8 Å². The molecule has 0 saturated carbocycles. The number of anilines is 1. The number of ether oxygens (including phenoxy) is 4. The average Bonchev–Trinajstić information content (AvgIpc) is 3.50. The smallest absolute Gasteiger partial charge is 0.463 e. The van der Waals surface area contributed by atoms with Crippen LogP contribution in [-0.2, 0) is 58.3 Å². The number of phosphoric ester groups is 1. The molecule has 2 aromatic rings. The molecule has 23 heteroatoms. The van der Waals surface area contributed by atoms with Crippen molar-refractivity contribution >= 4 is 55.1 Å². The number of esters is 2. The third-order valence-corrected chi connectivity index (χ3v) is 10.9. The number of nitrogens with two attached hydrogens (primary N) is 1. The Morgan fingerprint density at radius 2 is 1.85 bits per heavy atom. The molecule has 2 aromatic heterocycles. The molecule has 4 heterocycles. The number of aliphatic hydroxyl groups excluding tert-OH is 2. The van der Waals surface area contributed by atoms with Crippen molar-refractivity contribution in [2.75, 3.05) is 18.9 Å². The van der Waals surface area contributed by atoms with E-state index in [9.17, 15) is 38.5 Å². The molecule has 0 amide bonds. The monoisotopic (exact) mass is 717 g/mol. The molecule has 5 unspecified atom stereocenters. The fourth-order valence-electron chi connectivity index (χ4n) is 4.96. The molecule has 0 radical (unpaired) electrons. The minimum absolute atomic E-state index is 0.113. The van der Waals surface area contributed by atoms with E-state index >= 15 is 0 Å². The quantitative estimate of drug-likeness (QED) is 0.145. The number of carbonyl (C=O) groups is 2. The highest BCUT2D eigenvalue weighted by molar-refractivity contribution is 8.08. The minimum atomic E-state index is -5.42. The second kappa shape index (κ2) is 14.5. The lowest BCUT2D eigenvalue weighted by Gasteiger charge is -2.44. The molecule has 46 heavy (non-hydrogen) atoms. The third kappa shape index (κ3) is 8.41. The van der Waals surface area contributed by atoms with E-state index in [1.807, 2.05) is 0 Å². The van der Waals surface area contributed by atoms with Crippen molar-refractivity contribution < 1.29 is 70.8 Å². The molecule has 258 valence electrons. The first kappa shape index (κ1) is 36.6. The molecule has 4 rings (SSSR count). The maximum Gasteiger partial charge on any atom is 0.481 e. The second-order valence-corrected chi connectivity index (χ2v) is 15.0. The van der Waals surface area contributed by atoms with E-state index < -0.39 is 101 Å². The molecule has 12 atom stereocenters. The molecule has 0 spiro atoms. The Hall–Kier alpha value is -2.26. The van der Waals surface area contributed by atoms with Gasteiger partial charge in [-0.15, -0.1) is 0 Å². The number of fused-ring (bicyclic) bond motifs is 1. The van der Waals surface area contributed by atoms with Gasteiger partial charge >= 0.3 is 26.5 Å². The van der Waals surface area contributed by atoms with Crippen LogP contribution < -0.4 is 5.73 Å². The maximum atomic E-state index is 15.0. The van der Waals surface area contributed by atoms with Crippen molar-refractivity contribution in [3.8, 4) is 0 Å². The van der Waals surface area contributed by atoms with E-state index in [-0.39, 0.29) is 11.5 Å². The van der Waals surface area contributed by atoms with Crippen LogP contribution in [0.15, 0.2) is 12.5 Å². The van der Waals surface area contributed by atoms with Gasteiger partial charge in [0.05, 0.1) is 24.3 Å². The van der Waals surface area contributed by atoms with Crippen LogP contribution in [0.1, 0.15) is 33.9 Å². The van der Waals surface area contributed by atoms with Crippen molar-refractivity contribution in [3.63, 3.8) is 0 Å². The molecule has 2 fully saturated rings. The first-order chi connectivity index (χ1) is 21.4. The Balaban J connectivity index is 1.42. The van der Waals surface area contributed by atoms with Gasteiger partial charge in [0.25, 0.3) is 0 Å². The van der Waals surface area contributed by atoms with Gasteiger partial charge in [0, 0.05) is 19.8 Å². The number of nitrogen functional groups attached to an aromatic ring is 1. The highest BCUT2D eigenvalue weighted by Crippen LogP contribution is 2.62. The normalized spacial score (nSPS) is 33.2. The number of carbonyl (C=O) groups excluding carboxylic acids is 2. The first-order valence-electron chi connectivity index (χ1n) is 13.7. The topological polar surface area (TPSA) is 266 Å². The van der Waals surface area contributed by atoms with Crippen LogP contribution >= 0.6 is 14.5 Å². The lowest BCUT2D eigenvalue weighted by molar-refractivity contribution is -0.262. The largest absolute Gasteiger partial charge is 0.481 e. The zero-order chi connectivity index (χ0) is 34.1. The van der Waals surface area contributed by atoms with E-state index in [0.29, 0.717) is 5.39 Å². The summed E-state index contributed by atoms with van der Waals surface area (Å²) in [6, 6.07) is 0. The zero-order valence-electron chi connectivity index (χ0n) is 24.8. The minimum Gasteiger partial charge on any atom is -0.463 e. The lowest BCUT2D eigenvalue weighted by Crippen LogP contribution is -2.55. The van der Waals surface area contributed by atoms with Crippen LogP contribution in [0.2, 0.25) is 0 Å². The van der Waals surface area contributed by atoms with Crippen molar-refractivity contribution in [1.82, 2.24) is 19.7 Å². The van der Waals surface area contributed by atoms with Crippen LogP contribution in [-0.4, -0.2) is 108 Å². The molecule has 0 aromatic carbocycles. The molecule has 2 aliphatic heterocycles. The Morgan fingerprint density at radius 1 is 1.15 bits per heavy atom. The van der Waals surface area contributed by atoms with Gasteiger partial charge < -0.3 is 49.2 Å². The number of aliphatic hydroxyl groups is 2. The highest BCUT2D eigenvalue weighted by Gasteiger charge is 2.51. The third-order valence-electron chi connectivity index (χ3n) is 7.38. The summed E-state index contributed by atoms with van der Waals surface area (Å²) in [4.78, 5) is 51.9. The standard InChI is InChI=1S/C23H34FN5O14P2S/c1-9-10(2)19(39-12(4)31)23(41-18(9)14(24)6-37-11(3)30)42-44(34,35)43-45(36,46)38-7-15-16(32)17(33)22(40-15)29-21-13(5-28-29)20(25)26-8-27-21/h5,8-10,14-19,22-23,32-33H,6-7H2,1-4H3,(H,34,35)(H,36,46)(H2,25,26,27)/t9-,10-,14-,15+,16-,17?,18?,19?,22+,23-,45?/m0/s1. The predicted molar refractivity (Wildman–Crippen MR) is 154 cm³/mol. The number of alkyl halides is 1. The van der Waals surface area contributed by atoms with Crippen molar-refractivity contribution in [2.24, 2.45) is 11.8 Å². The average molecular weight is 718 g/mol. The van der Waals surface area contributed by atoms with E-state index in [4.69, 9.17) is 49.8 Å². The Labute approximate surface area is 265 Å². The van der Waals surface area contributed by atoms with Gasteiger partial charge in [0.15, 0.2) is 24.2 Å². The van der Waals surface area contributed by atoms with Crippen LogP contribution in [0.25, 0.3) is 11.0 Å². The number of phosphoric acid groups is 1. The highest BCUT2D eigenvalue weighted by atomic mass is 32.5. The summed E-state index contributed by atoms with van der Waals surface area (Å²) in [5, 5.41) is 25.6. The summed E-state index contributed by atoms with van der Waals surface area (Å²) in [6.07, 6.45) is -9.84. The number of nitrogens with zero attached hydrogens (tertiary/aromatic N) is 4. The van der Waals surface area contributed by atoms with Crippen molar-refractivity contribution in [2.45, 2.75) is 76.9 Å². The molecule has 0 aliphatic carbocycles. The second-order valence-electron chi connectivity index (χ2n) is 10.6. The Morgan fingerprint density at radius 3 is 2.50 bits per heavy atom. The first-order valence-corrected chi connectivity index (χ1v) is 17.7. The predicted octanol–water partition coefficient (Wildman–Crippen LogP) is 0.225. The number of hydrogen-bond donors (Lipinski definition) is 5. The zero-order valence-corrected chi connectivity index (χ0v) is 27.4. The van der Waals surface area contributed by atoms with Gasteiger partial charge in [-0.05, 0) is 17.7 Å². The van der Waals surface area contributed by atoms with Crippen LogP contribution in [0.5, 0.6) is 0 Å². The van der Waals surface area contributed by atoms with Gasteiger partial charge in [-0.3, -0.25) is 14.1 Å². The van der Waals surface area contributed by atoms with Crippen molar-refractivity contribution in [3.05, 3.63) is 12.5 Å². The number of halogens is 1. The summed E-state index contributed by atoms with van der Waals surface area (Å²) in [6.45, 7) is -0.843. The molecule has 2 saturated heterocycles. The van der Waals surface area contributed by atoms with Gasteiger partial charge in [-0.25, -0.2) is 27.9 Å². The van der Waals surface area contributed by atoms with Gasteiger partial charge in [0.1, 0.15) is 37.1 Å². The van der Waals surface area contributed by atoms with E-state index in [1.165, 1.54) is 6.20 Å². The van der Waals surface area contributed by atoms with Gasteiger partial charge in [0.2, 0.25) is 6.29 Å². The van der Waals surface area contributed by atoms with Gasteiger partial charge in [-0.2, -0.15) is 5.10 Å². The lowest BCUT2D eigenvalue weighted by atomic mass is 9.82. The SMILES string of the molecule is CC(=O)OC[C@H](F)C1O[C@@H](OP(=O)(O)OP(O)(=S)OC[C@H]2O[C@@H](n3ncc4c(N)ncnc43)C(O)[C@H]2O)C(OC(C)=O)[C@@H](C)[C@@H]1C. The van der Waals surface area contributed by atoms with Crippen LogP contribution in [0, 0.1) is 11.8 Å². The fourth-order valence-corrected chi connectivity index (χ4v) is 8.05. The maximum absolute atomic E-state index is 15.0. The number of hydrogen-bond acceptors (Lipinski definition) is 17. The Bertz CT molecular complexity index is 1520. The molecule has 19 nitrogen and oxygen atoms in total. The number of rotatable bonds is 12. The van der Waals surface area contributed by atoms with Crippen molar-refractivity contribution in [1.29, 1.82) is 0 Å². The molecular formula is C23H34FN5O14P2S. The number of aromatic nitrogens is 4. The Kier molecular flexibility index (Phi) is 11.5. The van der Waals surface area contributed by atoms with E-state index in [1.54, 1.807) is 13.8 Å². The molecule has 0 bridgehead atoms. The summed E-state index contributed by atoms with van der Waals surface area (Å²) < 4.78 is 65.1. The fraction of sp³-hybridized carbons (Fsp3) is 0.696. The molecule has 2 aliphatic rings. The van der Waals surface area contributed by atoms with Crippen LogP contribution in [0.4, 0.5) is 10.2 Å². The summed E-state index contributed by atoms with van der Waals surface area (Å²) in [5.74, 6) is -2.83.